The highest BCUT2D eigenvalue weighted by Crippen LogP contribution is 2.48. The fourth-order valence-electron chi connectivity index (χ4n) is 2.21. The van der Waals surface area contributed by atoms with Crippen LogP contribution < -0.4 is 11.3 Å². The number of aliphatic imine (C=N–C) groups is 1. The summed E-state index contributed by atoms with van der Waals surface area (Å²) in [6, 6.07) is 11.2. The van der Waals surface area contributed by atoms with E-state index in [-0.39, 0.29) is 0 Å². The van der Waals surface area contributed by atoms with Crippen LogP contribution in [-0.4, -0.2) is 11.9 Å². The average Bonchev–Trinajstić information content (AvgIpc) is 3.20. The van der Waals surface area contributed by atoms with E-state index >= 15 is 0 Å². The number of nitrogens with zero attached hydrogens (tertiary/aromatic N) is 1. The van der Waals surface area contributed by atoms with Gasteiger partial charge in [-0.1, -0.05) is 30.3 Å². The van der Waals surface area contributed by atoms with E-state index < -0.39 is 0 Å². The number of hydrogen-bond acceptors (Lipinski definition) is 2. The van der Waals surface area contributed by atoms with Gasteiger partial charge in [0.25, 0.3) is 0 Å². The summed E-state index contributed by atoms with van der Waals surface area (Å²) in [7, 11) is 0. The van der Waals surface area contributed by atoms with Gasteiger partial charge < -0.3 is 5.43 Å². The molecule has 16 heavy (non-hydrogen) atoms. The van der Waals surface area contributed by atoms with E-state index in [1.54, 1.807) is 0 Å². The van der Waals surface area contributed by atoms with Crippen LogP contribution in [0, 0.1) is 5.92 Å². The molecule has 2 aliphatic rings. The van der Waals surface area contributed by atoms with Crippen molar-refractivity contribution < 1.29 is 0 Å². The molecule has 3 heteroatoms. The molecule has 0 aromatic heterocycles. The summed E-state index contributed by atoms with van der Waals surface area (Å²) < 4.78 is 0. The molecule has 0 saturated heterocycles. The molecule has 3 N–H and O–H groups in total. The molecule has 2 fully saturated rings. The van der Waals surface area contributed by atoms with Crippen LogP contribution in [0.4, 0.5) is 0 Å². The Morgan fingerprint density at radius 2 is 2.00 bits per heavy atom. The first-order valence-corrected chi connectivity index (χ1v) is 5.97. The molecule has 2 unspecified atom stereocenters. The maximum atomic E-state index is 5.55. The Morgan fingerprint density at radius 1 is 1.25 bits per heavy atom. The van der Waals surface area contributed by atoms with Gasteiger partial charge in [0.2, 0.25) is 0 Å². The normalized spacial score (nSPS) is 28.9. The molecule has 2 aliphatic carbocycles. The number of nitrogens with two attached hydrogens (primary N) is 1. The molecule has 1 aromatic rings. The Labute approximate surface area is 95.7 Å². The molecule has 0 bridgehead atoms. The van der Waals surface area contributed by atoms with Crippen LogP contribution in [0.5, 0.6) is 0 Å². The minimum atomic E-state index is 0.521. The molecular formula is C13H17N3. The Balaban J connectivity index is 1.70. The van der Waals surface area contributed by atoms with E-state index in [0.717, 1.165) is 5.84 Å². The second kappa shape index (κ2) is 3.91. The van der Waals surface area contributed by atoms with Crippen LogP contribution >= 0.6 is 0 Å². The van der Waals surface area contributed by atoms with Gasteiger partial charge in [0.1, 0.15) is 5.84 Å². The first kappa shape index (κ1) is 9.85. The maximum Gasteiger partial charge on any atom is 0.114 e. The average molecular weight is 215 g/mol. The van der Waals surface area contributed by atoms with Crippen LogP contribution in [0.1, 0.15) is 30.7 Å². The Kier molecular flexibility index (Phi) is 2.40. The smallest absolute Gasteiger partial charge is 0.114 e. The number of rotatable bonds is 3. The minimum Gasteiger partial charge on any atom is -0.312 e. The quantitative estimate of drug-likeness (QED) is 0.350. The zero-order valence-electron chi connectivity index (χ0n) is 9.26. The molecule has 2 atom stereocenters. The van der Waals surface area contributed by atoms with Crippen molar-refractivity contribution >= 4 is 5.84 Å². The summed E-state index contributed by atoms with van der Waals surface area (Å²) >= 11 is 0. The lowest BCUT2D eigenvalue weighted by Gasteiger charge is -2.05. The predicted molar refractivity (Wildman–Crippen MR) is 65.1 cm³/mol. The summed E-state index contributed by atoms with van der Waals surface area (Å²) in [6.45, 7) is 0. The SMILES string of the molecule is NNC(=NC1CC1)C1CC1c1ccccc1. The zero-order valence-corrected chi connectivity index (χ0v) is 9.26. The Morgan fingerprint density at radius 3 is 2.62 bits per heavy atom. The van der Waals surface area contributed by atoms with Crippen molar-refractivity contribution in [2.45, 2.75) is 31.2 Å². The van der Waals surface area contributed by atoms with Crippen molar-refractivity contribution in [1.29, 1.82) is 0 Å². The van der Waals surface area contributed by atoms with Gasteiger partial charge in [-0.3, -0.25) is 4.99 Å². The molecule has 0 radical (unpaired) electrons. The van der Waals surface area contributed by atoms with Gasteiger partial charge in [-0.2, -0.15) is 0 Å². The molecule has 3 rings (SSSR count). The van der Waals surface area contributed by atoms with Gasteiger partial charge in [-0.15, -0.1) is 0 Å². The molecule has 84 valence electrons. The predicted octanol–water partition coefficient (Wildman–Crippen LogP) is 1.81. The van der Waals surface area contributed by atoms with Crippen molar-refractivity contribution in [3.05, 3.63) is 35.9 Å². The van der Waals surface area contributed by atoms with E-state index in [1.807, 2.05) is 0 Å². The first-order valence-electron chi connectivity index (χ1n) is 5.97. The zero-order chi connectivity index (χ0) is 11.0. The monoisotopic (exact) mass is 215 g/mol. The van der Waals surface area contributed by atoms with Gasteiger partial charge in [-0.25, -0.2) is 5.84 Å². The van der Waals surface area contributed by atoms with Crippen LogP contribution in [0.15, 0.2) is 35.3 Å². The summed E-state index contributed by atoms with van der Waals surface area (Å²) in [4.78, 5) is 4.62. The Bertz CT molecular complexity index is 395. The topological polar surface area (TPSA) is 50.4 Å². The van der Waals surface area contributed by atoms with Crippen molar-refractivity contribution in [3.63, 3.8) is 0 Å². The minimum absolute atomic E-state index is 0.521. The molecule has 0 spiro atoms. The molecule has 0 amide bonds. The van der Waals surface area contributed by atoms with Crippen LogP contribution in [0.3, 0.4) is 0 Å². The first-order chi connectivity index (χ1) is 7.88. The summed E-state index contributed by atoms with van der Waals surface area (Å²) in [5.74, 6) is 7.70. The lowest BCUT2D eigenvalue weighted by atomic mass is 10.1. The fraction of sp³-hybridized carbons (Fsp3) is 0.462. The van der Waals surface area contributed by atoms with Crippen LogP contribution in [0.25, 0.3) is 0 Å². The van der Waals surface area contributed by atoms with E-state index in [0.29, 0.717) is 17.9 Å². The highest BCUT2D eigenvalue weighted by molar-refractivity contribution is 5.88. The number of nitrogens with one attached hydrogen (secondary N) is 1. The van der Waals surface area contributed by atoms with Crippen molar-refractivity contribution in [1.82, 2.24) is 5.43 Å². The highest BCUT2D eigenvalue weighted by atomic mass is 15.3. The maximum absolute atomic E-state index is 5.55. The molecular weight excluding hydrogens is 198 g/mol. The number of amidine groups is 1. The Hall–Kier alpha value is -1.35. The molecule has 0 aliphatic heterocycles. The van der Waals surface area contributed by atoms with Gasteiger partial charge in [0.15, 0.2) is 0 Å². The molecule has 1 aromatic carbocycles. The van der Waals surface area contributed by atoms with E-state index in [2.05, 4.69) is 40.8 Å². The van der Waals surface area contributed by atoms with E-state index in [4.69, 9.17) is 5.84 Å². The second-order valence-corrected chi connectivity index (χ2v) is 4.75. The van der Waals surface area contributed by atoms with Gasteiger partial charge >= 0.3 is 0 Å². The van der Waals surface area contributed by atoms with Crippen molar-refractivity contribution in [2.24, 2.45) is 16.8 Å². The number of hydrogen-bond donors (Lipinski definition) is 2. The summed E-state index contributed by atoms with van der Waals surface area (Å²) in [5.41, 5.74) is 4.19. The van der Waals surface area contributed by atoms with Crippen LogP contribution in [-0.2, 0) is 0 Å². The standard InChI is InChI=1S/C13H17N3/c14-16-13(15-10-6-7-10)12-8-11(12)9-4-2-1-3-5-9/h1-5,10-12H,6-8,14H2,(H,15,16). The molecule has 0 heterocycles. The van der Waals surface area contributed by atoms with E-state index in [1.165, 1.54) is 24.8 Å². The third-order valence-corrected chi connectivity index (χ3v) is 3.39. The molecule has 3 nitrogen and oxygen atoms in total. The lowest BCUT2D eigenvalue weighted by Crippen LogP contribution is -2.32. The van der Waals surface area contributed by atoms with Gasteiger partial charge in [0.05, 0.1) is 6.04 Å². The number of benzene rings is 1. The largest absolute Gasteiger partial charge is 0.312 e. The second-order valence-electron chi connectivity index (χ2n) is 4.75. The van der Waals surface area contributed by atoms with Gasteiger partial charge in [0, 0.05) is 5.92 Å². The van der Waals surface area contributed by atoms with Crippen LogP contribution in [0.2, 0.25) is 0 Å². The summed E-state index contributed by atoms with van der Waals surface area (Å²) in [6.07, 6.45) is 3.64. The van der Waals surface area contributed by atoms with Gasteiger partial charge in [-0.05, 0) is 30.7 Å². The third-order valence-electron chi connectivity index (χ3n) is 3.39. The lowest BCUT2D eigenvalue weighted by molar-refractivity contribution is 0.891. The van der Waals surface area contributed by atoms with Crippen molar-refractivity contribution in [2.75, 3.05) is 0 Å². The van der Waals surface area contributed by atoms with Crippen molar-refractivity contribution in [3.8, 4) is 0 Å². The number of hydrazine groups is 1. The summed E-state index contributed by atoms with van der Waals surface area (Å²) in [5, 5.41) is 0. The third kappa shape index (κ3) is 1.95. The van der Waals surface area contributed by atoms with E-state index in [9.17, 15) is 0 Å². The highest BCUT2D eigenvalue weighted by Gasteiger charge is 2.42. The molecule has 2 saturated carbocycles. The fourth-order valence-corrected chi connectivity index (χ4v) is 2.21.